The molecule has 10 nitrogen and oxygen atoms in total. The van der Waals surface area contributed by atoms with Crippen molar-refractivity contribution in [3.05, 3.63) is 87.8 Å². The summed E-state index contributed by atoms with van der Waals surface area (Å²) in [5, 5.41) is 22.4. The highest BCUT2D eigenvalue weighted by atomic mass is 32.1. The molecular formula is C34H37FN6O4S. The van der Waals surface area contributed by atoms with Gasteiger partial charge in [0.05, 0.1) is 11.2 Å². The summed E-state index contributed by atoms with van der Waals surface area (Å²) in [7, 11) is 0. The van der Waals surface area contributed by atoms with E-state index < -0.39 is 11.7 Å². The maximum atomic E-state index is 14.3. The number of piperazine rings is 1. The smallest absolute Gasteiger partial charge is 0.270 e. The van der Waals surface area contributed by atoms with Gasteiger partial charge in [0.25, 0.3) is 11.8 Å². The van der Waals surface area contributed by atoms with Crippen LogP contribution in [-0.2, 0) is 6.54 Å². The number of aryl methyl sites for hydroxylation is 1. The second kappa shape index (κ2) is 14.4. The van der Waals surface area contributed by atoms with E-state index in [2.05, 4.69) is 36.9 Å². The van der Waals surface area contributed by atoms with Crippen LogP contribution in [0.15, 0.2) is 60.1 Å². The predicted molar refractivity (Wildman–Crippen MR) is 174 cm³/mol. The molecule has 3 heterocycles. The first-order chi connectivity index (χ1) is 22.3. The summed E-state index contributed by atoms with van der Waals surface area (Å²) < 4.78 is 20.3. The first kappa shape index (κ1) is 31.6. The molecule has 12 heteroatoms. The molecule has 0 spiro atoms. The second-order valence-electron chi connectivity index (χ2n) is 11.8. The van der Waals surface area contributed by atoms with Crippen LogP contribution in [0.3, 0.4) is 0 Å². The average molecular weight is 645 g/mol. The Morgan fingerprint density at radius 1 is 1.02 bits per heavy atom. The zero-order valence-corrected chi connectivity index (χ0v) is 26.4. The number of pyridine rings is 1. The van der Waals surface area contributed by atoms with E-state index in [4.69, 9.17) is 4.74 Å². The number of aromatic nitrogens is 2. The van der Waals surface area contributed by atoms with E-state index >= 15 is 0 Å². The number of carbonyl (C=O) groups is 2. The van der Waals surface area contributed by atoms with Crippen LogP contribution in [0, 0.1) is 12.7 Å². The fourth-order valence-electron chi connectivity index (χ4n) is 5.95. The number of thiazole rings is 1. The summed E-state index contributed by atoms with van der Waals surface area (Å²) in [5.74, 6) is -0.719. The second-order valence-corrected chi connectivity index (χ2v) is 12.9. The van der Waals surface area contributed by atoms with E-state index in [0.29, 0.717) is 37.1 Å². The van der Waals surface area contributed by atoms with Gasteiger partial charge < -0.3 is 25.8 Å². The molecule has 1 aliphatic heterocycles. The third-order valence-electron chi connectivity index (χ3n) is 8.29. The molecule has 1 aliphatic carbocycles. The summed E-state index contributed by atoms with van der Waals surface area (Å²) in [6, 6.07) is 13.8. The van der Waals surface area contributed by atoms with Gasteiger partial charge in [-0.2, -0.15) is 0 Å². The topological polar surface area (TPSA) is 129 Å². The van der Waals surface area contributed by atoms with E-state index in [9.17, 15) is 19.1 Å². The lowest BCUT2D eigenvalue weighted by Gasteiger charge is -2.29. The molecule has 4 aromatic rings. The summed E-state index contributed by atoms with van der Waals surface area (Å²) in [6.45, 7) is 6.37. The number of ether oxygens (including phenoxy) is 1. The van der Waals surface area contributed by atoms with Crippen LogP contribution in [-0.4, -0.2) is 70.1 Å². The fraction of sp³-hybridized carbons (Fsp3) is 0.353. The molecular weight excluding hydrogens is 607 g/mol. The quantitative estimate of drug-likeness (QED) is 0.200. The molecule has 1 saturated heterocycles. The zero-order valence-electron chi connectivity index (χ0n) is 25.6. The highest BCUT2D eigenvalue weighted by Crippen LogP contribution is 2.31. The maximum absolute atomic E-state index is 14.3. The van der Waals surface area contributed by atoms with Crippen LogP contribution < -0.4 is 20.7 Å². The number of benzene rings is 2. The van der Waals surface area contributed by atoms with E-state index in [1.807, 2.05) is 19.1 Å². The Morgan fingerprint density at radius 2 is 1.76 bits per heavy atom. The van der Waals surface area contributed by atoms with Gasteiger partial charge in [-0.05, 0) is 85.7 Å². The molecule has 2 amide bonds. The van der Waals surface area contributed by atoms with Crippen LogP contribution >= 0.6 is 11.3 Å². The molecule has 0 bridgehead atoms. The largest absolute Gasteiger partial charge is 0.508 e. The van der Waals surface area contributed by atoms with Gasteiger partial charge in [-0.15, -0.1) is 11.3 Å². The Balaban J connectivity index is 1.10. The first-order valence-electron chi connectivity index (χ1n) is 15.5. The maximum Gasteiger partial charge on any atom is 0.270 e. The van der Waals surface area contributed by atoms with E-state index in [1.54, 1.807) is 29.6 Å². The average Bonchev–Trinajstić information content (AvgIpc) is 3.49. The minimum atomic E-state index is -0.647. The molecule has 2 aromatic heterocycles. The number of halogens is 1. The van der Waals surface area contributed by atoms with Crippen molar-refractivity contribution < 1.29 is 23.8 Å². The highest BCUT2D eigenvalue weighted by molar-refractivity contribution is 7.09. The van der Waals surface area contributed by atoms with Gasteiger partial charge in [-0.3, -0.25) is 14.5 Å². The predicted octanol–water partition coefficient (Wildman–Crippen LogP) is 5.03. The van der Waals surface area contributed by atoms with Crippen molar-refractivity contribution in [2.45, 2.75) is 51.2 Å². The molecule has 2 aliphatic rings. The molecule has 2 aromatic carbocycles. The highest BCUT2D eigenvalue weighted by Gasteiger charge is 2.26. The van der Waals surface area contributed by atoms with Crippen LogP contribution in [0.4, 0.5) is 4.39 Å². The minimum Gasteiger partial charge on any atom is -0.508 e. The fourth-order valence-corrected chi connectivity index (χ4v) is 6.55. The van der Waals surface area contributed by atoms with E-state index in [-0.39, 0.29) is 35.2 Å². The molecule has 240 valence electrons. The summed E-state index contributed by atoms with van der Waals surface area (Å²) >= 11 is 1.43. The van der Waals surface area contributed by atoms with Gasteiger partial charge in [0.1, 0.15) is 28.6 Å². The zero-order chi connectivity index (χ0) is 32.0. The normalized spacial score (nSPS) is 18.6. The molecule has 6 rings (SSSR count). The van der Waals surface area contributed by atoms with E-state index in [1.165, 1.54) is 11.3 Å². The molecule has 0 radical (unpaired) electrons. The number of carbonyl (C=O) groups excluding carboxylic acids is 2. The Kier molecular flexibility index (Phi) is 9.86. The van der Waals surface area contributed by atoms with Crippen molar-refractivity contribution >= 4 is 23.2 Å². The van der Waals surface area contributed by atoms with Gasteiger partial charge in [-0.25, -0.2) is 14.4 Å². The molecule has 4 N–H and O–H groups in total. The number of aromatic hydroxyl groups is 1. The molecule has 1 saturated carbocycles. The van der Waals surface area contributed by atoms with Crippen molar-refractivity contribution in [3.63, 3.8) is 0 Å². The Bertz CT molecular complexity index is 1700. The number of phenols is 1. The number of phenolic OH excluding ortho intramolecular Hbond substituents is 1. The minimum absolute atomic E-state index is 0.00426. The SMILES string of the molecule is Cc1nc(C(=O)NC2CCC(NC(=O)c3cc(F)cnc3Oc3cccc(-c4cc(O)cc(CN5CCNCC5)c4)c3)CC2)cs1. The molecule has 0 atom stereocenters. The van der Waals surface area contributed by atoms with Crippen molar-refractivity contribution in [3.8, 4) is 28.5 Å². The van der Waals surface area contributed by atoms with Gasteiger partial charge in [0.2, 0.25) is 5.88 Å². The Hall–Kier alpha value is -4.39. The van der Waals surface area contributed by atoms with Crippen molar-refractivity contribution in [2.24, 2.45) is 0 Å². The number of hydrogen-bond donors (Lipinski definition) is 4. The molecule has 46 heavy (non-hydrogen) atoms. The lowest BCUT2D eigenvalue weighted by Crippen LogP contribution is -2.44. The third-order valence-corrected chi connectivity index (χ3v) is 9.06. The van der Waals surface area contributed by atoms with Crippen molar-refractivity contribution in [1.82, 2.24) is 30.8 Å². The van der Waals surface area contributed by atoms with Gasteiger partial charge in [0, 0.05) is 50.2 Å². The number of nitrogens with zero attached hydrogens (tertiary/aromatic N) is 3. The third kappa shape index (κ3) is 8.06. The summed E-state index contributed by atoms with van der Waals surface area (Å²) in [5.41, 5.74) is 3.07. The van der Waals surface area contributed by atoms with Gasteiger partial charge in [-0.1, -0.05) is 12.1 Å². The van der Waals surface area contributed by atoms with E-state index in [0.717, 1.165) is 66.7 Å². The lowest BCUT2D eigenvalue weighted by molar-refractivity contribution is 0.0888. The summed E-state index contributed by atoms with van der Waals surface area (Å²) in [6.07, 6.45) is 3.74. The van der Waals surface area contributed by atoms with Crippen LogP contribution in [0.5, 0.6) is 17.4 Å². The molecule has 0 unspecified atom stereocenters. The standard InChI is InChI=1S/C34H37FN6O4S/c1-21-38-31(20-46-21)33(44)40-27-7-5-26(6-8-27)39-32(43)30-17-25(35)18-37-34(30)45-29-4-2-3-23(16-29)24-13-22(14-28(42)15-24)19-41-11-9-36-10-12-41/h2-4,13-18,20,26-27,36,42H,5-12,19H2,1H3,(H,39,43)(H,40,44). The van der Waals surface area contributed by atoms with Gasteiger partial charge >= 0.3 is 0 Å². The van der Waals surface area contributed by atoms with Crippen LogP contribution in [0.2, 0.25) is 0 Å². The lowest BCUT2D eigenvalue weighted by atomic mass is 9.91. The van der Waals surface area contributed by atoms with Crippen LogP contribution in [0.25, 0.3) is 11.1 Å². The monoisotopic (exact) mass is 644 g/mol. The number of nitrogens with one attached hydrogen (secondary N) is 3. The Labute approximate surface area is 271 Å². The summed E-state index contributed by atoms with van der Waals surface area (Å²) in [4.78, 5) is 36.5. The number of rotatable bonds is 9. The number of amides is 2. The molecule has 2 fully saturated rings. The van der Waals surface area contributed by atoms with Crippen LogP contribution in [0.1, 0.15) is 57.1 Å². The Morgan fingerprint density at radius 3 is 2.48 bits per heavy atom. The van der Waals surface area contributed by atoms with Crippen molar-refractivity contribution in [2.75, 3.05) is 26.2 Å². The number of hydrogen-bond acceptors (Lipinski definition) is 9. The first-order valence-corrected chi connectivity index (χ1v) is 16.4. The van der Waals surface area contributed by atoms with Crippen molar-refractivity contribution in [1.29, 1.82) is 0 Å². The van der Waals surface area contributed by atoms with Gasteiger partial charge in [0.15, 0.2) is 0 Å².